The molecule has 0 aromatic carbocycles. The molecule has 18 heavy (non-hydrogen) atoms. The van der Waals surface area contributed by atoms with E-state index in [1.54, 1.807) is 0 Å². The molecule has 1 aliphatic heterocycles. The van der Waals surface area contributed by atoms with E-state index < -0.39 is 0 Å². The quantitative estimate of drug-likeness (QED) is 0.818. The summed E-state index contributed by atoms with van der Waals surface area (Å²) in [6, 6.07) is 6.69. The van der Waals surface area contributed by atoms with Gasteiger partial charge in [-0.05, 0) is 26.0 Å². The second kappa shape index (κ2) is 5.67. The summed E-state index contributed by atoms with van der Waals surface area (Å²) in [7, 11) is 4.02. The van der Waals surface area contributed by atoms with Gasteiger partial charge in [-0.3, -0.25) is 4.90 Å². The highest BCUT2D eigenvalue weighted by atomic mass is 16.5. The van der Waals surface area contributed by atoms with Crippen LogP contribution in [-0.4, -0.2) is 49.7 Å². The van der Waals surface area contributed by atoms with Crippen molar-refractivity contribution in [1.82, 2.24) is 9.88 Å². The third-order valence-corrected chi connectivity index (χ3v) is 3.37. The van der Waals surface area contributed by atoms with Gasteiger partial charge in [-0.25, -0.2) is 4.98 Å². The number of nitrogens with zero attached hydrogens (tertiary/aromatic N) is 3. The lowest BCUT2D eigenvalue weighted by Gasteiger charge is -2.35. The first-order valence-electron chi connectivity index (χ1n) is 6.58. The summed E-state index contributed by atoms with van der Waals surface area (Å²) in [5, 5.41) is 0. The fourth-order valence-corrected chi connectivity index (χ4v) is 2.19. The predicted octanol–water partition coefficient (Wildman–Crippen LogP) is 1.93. The molecule has 2 heterocycles. The van der Waals surface area contributed by atoms with Gasteiger partial charge in [0.1, 0.15) is 11.9 Å². The second-order valence-electron chi connectivity index (χ2n) is 5.26. The summed E-state index contributed by atoms with van der Waals surface area (Å²) in [5.41, 5.74) is 1.03. The lowest BCUT2D eigenvalue weighted by molar-refractivity contribution is -0.0421. The van der Waals surface area contributed by atoms with Crippen molar-refractivity contribution < 1.29 is 4.74 Å². The van der Waals surface area contributed by atoms with Crippen LogP contribution in [0.1, 0.15) is 25.6 Å². The van der Waals surface area contributed by atoms with Gasteiger partial charge in [-0.15, -0.1) is 0 Å². The molecule has 0 spiro atoms. The van der Waals surface area contributed by atoms with Gasteiger partial charge in [0, 0.05) is 33.2 Å². The number of ether oxygens (including phenoxy) is 1. The minimum Gasteiger partial charge on any atom is -0.369 e. The molecular weight excluding hydrogens is 226 g/mol. The Morgan fingerprint density at radius 3 is 2.83 bits per heavy atom. The zero-order valence-electron chi connectivity index (χ0n) is 11.8. The molecule has 0 radical (unpaired) electrons. The van der Waals surface area contributed by atoms with Gasteiger partial charge in [0.15, 0.2) is 0 Å². The van der Waals surface area contributed by atoms with E-state index in [1.165, 1.54) is 0 Å². The maximum absolute atomic E-state index is 5.86. The molecule has 0 saturated carbocycles. The van der Waals surface area contributed by atoms with E-state index in [1.807, 2.05) is 25.1 Å². The molecule has 1 atom stereocenters. The van der Waals surface area contributed by atoms with Crippen LogP contribution in [0.4, 0.5) is 5.82 Å². The van der Waals surface area contributed by atoms with Crippen LogP contribution in [0.25, 0.3) is 0 Å². The summed E-state index contributed by atoms with van der Waals surface area (Å²) < 4.78 is 5.86. The van der Waals surface area contributed by atoms with Crippen LogP contribution >= 0.6 is 0 Å². The van der Waals surface area contributed by atoms with Gasteiger partial charge in [0.05, 0.1) is 12.3 Å². The van der Waals surface area contributed by atoms with Crippen molar-refractivity contribution in [3.8, 4) is 0 Å². The van der Waals surface area contributed by atoms with Gasteiger partial charge in [-0.2, -0.15) is 0 Å². The number of pyridine rings is 1. The monoisotopic (exact) mass is 249 g/mol. The Balaban J connectivity index is 2.13. The highest BCUT2D eigenvalue weighted by molar-refractivity contribution is 5.37. The van der Waals surface area contributed by atoms with E-state index in [9.17, 15) is 0 Å². The normalized spacial score (nSPS) is 21.3. The van der Waals surface area contributed by atoms with Crippen molar-refractivity contribution in [1.29, 1.82) is 0 Å². The molecule has 4 heteroatoms. The molecule has 4 nitrogen and oxygen atoms in total. The van der Waals surface area contributed by atoms with Crippen LogP contribution < -0.4 is 4.90 Å². The standard InChI is InChI=1S/C14H23N3O/c1-11(2)17-8-9-18-13(10-17)12-6-5-7-14(15-12)16(3)4/h5-7,11,13H,8-10H2,1-4H3. The summed E-state index contributed by atoms with van der Waals surface area (Å²) in [6.07, 6.45) is 0.0982. The first-order valence-corrected chi connectivity index (χ1v) is 6.58. The molecular formula is C14H23N3O. The maximum atomic E-state index is 5.86. The van der Waals surface area contributed by atoms with Crippen molar-refractivity contribution in [3.05, 3.63) is 23.9 Å². The SMILES string of the molecule is CC(C)N1CCOC(c2cccc(N(C)C)n2)C1. The zero-order chi connectivity index (χ0) is 13.1. The number of aromatic nitrogens is 1. The molecule has 0 bridgehead atoms. The first kappa shape index (κ1) is 13.3. The summed E-state index contributed by atoms with van der Waals surface area (Å²) in [4.78, 5) is 9.13. The first-order chi connectivity index (χ1) is 8.58. The number of anilines is 1. The maximum Gasteiger partial charge on any atom is 0.128 e. The van der Waals surface area contributed by atoms with Gasteiger partial charge in [0.25, 0.3) is 0 Å². The van der Waals surface area contributed by atoms with E-state index in [4.69, 9.17) is 4.74 Å². The molecule has 2 rings (SSSR count). The van der Waals surface area contributed by atoms with Crippen molar-refractivity contribution in [2.45, 2.75) is 26.0 Å². The molecule has 1 aromatic heterocycles. The Kier molecular flexibility index (Phi) is 4.19. The number of hydrogen-bond acceptors (Lipinski definition) is 4. The van der Waals surface area contributed by atoms with Gasteiger partial charge in [0.2, 0.25) is 0 Å². The fraction of sp³-hybridized carbons (Fsp3) is 0.643. The molecule has 1 fully saturated rings. The molecule has 0 aliphatic carbocycles. The Morgan fingerprint density at radius 2 is 2.17 bits per heavy atom. The summed E-state index contributed by atoms with van der Waals surface area (Å²) in [5.74, 6) is 0.984. The predicted molar refractivity (Wildman–Crippen MR) is 74.0 cm³/mol. The van der Waals surface area contributed by atoms with Gasteiger partial charge < -0.3 is 9.64 Å². The van der Waals surface area contributed by atoms with E-state index in [0.717, 1.165) is 31.2 Å². The number of hydrogen-bond donors (Lipinski definition) is 0. The lowest BCUT2D eigenvalue weighted by atomic mass is 10.1. The Labute approximate surface area is 110 Å². The fourth-order valence-electron chi connectivity index (χ4n) is 2.19. The number of rotatable bonds is 3. The van der Waals surface area contributed by atoms with E-state index >= 15 is 0 Å². The largest absolute Gasteiger partial charge is 0.369 e. The van der Waals surface area contributed by atoms with Crippen LogP contribution in [0.3, 0.4) is 0 Å². The lowest BCUT2D eigenvalue weighted by Crippen LogP contribution is -2.42. The van der Waals surface area contributed by atoms with Crippen LogP contribution in [0.2, 0.25) is 0 Å². The highest BCUT2D eigenvalue weighted by Gasteiger charge is 2.24. The average molecular weight is 249 g/mol. The smallest absolute Gasteiger partial charge is 0.128 e. The Hall–Kier alpha value is -1.13. The minimum absolute atomic E-state index is 0.0982. The third-order valence-electron chi connectivity index (χ3n) is 3.37. The highest BCUT2D eigenvalue weighted by Crippen LogP contribution is 2.23. The van der Waals surface area contributed by atoms with Crippen LogP contribution in [0.15, 0.2) is 18.2 Å². The average Bonchev–Trinajstić information content (AvgIpc) is 2.39. The molecule has 1 saturated heterocycles. The topological polar surface area (TPSA) is 28.6 Å². The molecule has 1 aliphatic rings. The Bertz CT molecular complexity index is 392. The molecule has 0 N–H and O–H groups in total. The van der Waals surface area contributed by atoms with Gasteiger partial charge >= 0.3 is 0 Å². The van der Waals surface area contributed by atoms with Gasteiger partial charge in [-0.1, -0.05) is 6.07 Å². The minimum atomic E-state index is 0.0982. The van der Waals surface area contributed by atoms with Crippen molar-refractivity contribution in [3.63, 3.8) is 0 Å². The van der Waals surface area contributed by atoms with Crippen LogP contribution in [0.5, 0.6) is 0 Å². The molecule has 0 amide bonds. The second-order valence-corrected chi connectivity index (χ2v) is 5.26. The Morgan fingerprint density at radius 1 is 1.39 bits per heavy atom. The van der Waals surface area contributed by atoms with Crippen molar-refractivity contribution >= 4 is 5.82 Å². The van der Waals surface area contributed by atoms with Crippen molar-refractivity contribution in [2.24, 2.45) is 0 Å². The van der Waals surface area contributed by atoms with Crippen LogP contribution in [0, 0.1) is 0 Å². The summed E-state index contributed by atoms with van der Waals surface area (Å²) in [6.45, 7) is 7.19. The molecule has 1 unspecified atom stereocenters. The zero-order valence-corrected chi connectivity index (χ0v) is 11.8. The molecule has 100 valence electrons. The van der Waals surface area contributed by atoms with E-state index in [0.29, 0.717) is 6.04 Å². The van der Waals surface area contributed by atoms with E-state index in [2.05, 4.69) is 35.9 Å². The van der Waals surface area contributed by atoms with Crippen molar-refractivity contribution in [2.75, 3.05) is 38.7 Å². The van der Waals surface area contributed by atoms with E-state index in [-0.39, 0.29) is 6.10 Å². The molecule has 1 aromatic rings. The number of morpholine rings is 1. The third kappa shape index (κ3) is 3.00. The summed E-state index contributed by atoms with van der Waals surface area (Å²) >= 11 is 0. The van der Waals surface area contributed by atoms with Crippen LogP contribution in [-0.2, 0) is 4.74 Å².